The molecule has 0 aromatic heterocycles. The van der Waals surface area contributed by atoms with Crippen LogP contribution in [0.3, 0.4) is 0 Å². The number of carbonyl (C=O) groups excluding carboxylic acids is 15. The van der Waals surface area contributed by atoms with E-state index in [-0.39, 0.29) is 69.7 Å². The normalized spacial score (nSPS) is 18.7. The number of aliphatic hydroxyl groups is 1. The Kier molecular flexibility index (Phi) is 30.2. The zero-order valence-corrected chi connectivity index (χ0v) is 61.4. The first kappa shape index (κ1) is 84.2. The Morgan fingerprint density at radius 2 is 0.786 bits per heavy atom. The maximum atomic E-state index is 14.4. The van der Waals surface area contributed by atoms with Gasteiger partial charge in [-0.25, -0.2) is 0 Å². The molecule has 3 heterocycles. The third-order valence-corrected chi connectivity index (χ3v) is 17.4. The van der Waals surface area contributed by atoms with Gasteiger partial charge in [-0.05, 0) is 158 Å². The molecule has 3 saturated heterocycles. The van der Waals surface area contributed by atoms with Crippen molar-refractivity contribution >= 4 is 88.6 Å². The second kappa shape index (κ2) is 35.2. The van der Waals surface area contributed by atoms with Gasteiger partial charge in [-0.3, -0.25) is 71.9 Å². The standard InChI is InChI=1S/C67H115N15O16/c1-35(2)30-41(34-83)70-55(91)46-25-22-28-81(46)61(97)66(17,18)77-53(89)43(32-37(5)6)72-59(95)64(13,14)78-56(92)47-26-23-29-82(47)62(98)67(19,20)79-57(93)49(38(7)8)74-50(86)39(9)69-54(90)45-24-21-27-80(45)60(96)65(15,16)76-52(88)42(31-36(3)4)71-51(87)44(33-48(68)85)73-58(94)63(11,12)75-40(10)84/h35-39,41-47,49,83H,21-34H2,1-20H3,(H2,68,85)(H,69,90)(H,70,91)(H,71,87)(H,72,95)(H,73,94)(H,74,86)(H,75,84)(H,76,88)(H,77,89)(H,78,92)(H,79,93)/t39-,41-,42-,43-,44-,45-,46-,47-,49-/m0/s1. The number of nitrogens with two attached hydrogens (primary N) is 1. The molecule has 3 fully saturated rings. The zero-order valence-electron chi connectivity index (χ0n) is 61.4. The molecular weight excluding hydrogens is 1270 g/mol. The largest absolute Gasteiger partial charge is 0.394 e. The van der Waals surface area contributed by atoms with Crippen molar-refractivity contribution in [3.05, 3.63) is 0 Å². The van der Waals surface area contributed by atoms with Gasteiger partial charge in [-0.2, -0.15) is 0 Å². The number of rotatable bonds is 34. The topological polar surface area (TPSA) is 444 Å². The lowest BCUT2D eigenvalue weighted by Gasteiger charge is -2.36. The molecular formula is C67H115N15O16. The summed E-state index contributed by atoms with van der Waals surface area (Å²) in [5.74, 6) is -11.3. The SMILES string of the molecule is CC(=O)NC(C)(C)C(=O)N[C@@H](CC(N)=O)C(=O)N[C@@H](CC(C)C)C(=O)NC(C)(C)C(=O)N1CCC[C@H]1C(=O)N[C@@H](C)C(=O)N[C@H](C(=O)NC(C)(C)C(=O)N1CCC[C@H]1C(=O)NC(C)(C)C(=O)N[C@@H](CC(C)C)C(=O)NC(C)(C)C(=O)N1CCC[C@H]1C(=O)N[C@H](CO)CC(C)C)C(C)C. The van der Waals surface area contributed by atoms with Crippen LogP contribution in [0.1, 0.15) is 203 Å². The molecule has 0 aromatic rings. The Morgan fingerprint density at radius 3 is 1.16 bits per heavy atom. The van der Waals surface area contributed by atoms with Gasteiger partial charge >= 0.3 is 0 Å². The van der Waals surface area contributed by atoms with Crippen LogP contribution in [-0.4, -0.2) is 217 Å². The quantitative estimate of drug-likeness (QED) is 0.0369. The molecule has 3 aliphatic heterocycles. The molecule has 0 aromatic carbocycles. The van der Waals surface area contributed by atoms with Crippen LogP contribution in [0.2, 0.25) is 0 Å². The monoisotopic (exact) mass is 1390 g/mol. The summed E-state index contributed by atoms with van der Waals surface area (Å²) in [5.41, 5.74) is -2.65. The fourth-order valence-electron chi connectivity index (χ4n) is 12.2. The molecule has 0 saturated carbocycles. The van der Waals surface area contributed by atoms with Crippen LogP contribution < -0.4 is 64.2 Å². The van der Waals surface area contributed by atoms with E-state index in [4.69, 9.17) is 5.73 Å². The molecule has 15 amide bonds. The van der Waals surface area contributed by atoms with Crippen molar-refractivity contribution in [1.82, 2.24) is 73.2 Å². The van der Waals surface area contributed by atoms with E-state index in [2.05, 4.69) is 58.5 Å². The maximum absolute atomic E-state index is 14.4. The fraction of sp³-hybridized carbons (Fsp3) is 0.776. The average molecular weight is 1390 g/mol. The van der Waals surface area contributed by atoms with E-state index in [1.807, 2.05) is 27.7 Å². The van der Waals surface area contributed by atoms with E-state index in [1.165, 1.54) is 97.8 Å². The number of carbonyl (C=O) groups is 15. The van der Waals surface area contributed by atoms with Crippen LogP contribution in [-0.2, 0) is 71.9 Å². The van der Waals surface area contributed by atoms with E-state index >= 15 is 0 Å². The van der Waals surface area contributed by atoms with Gasteiger partial charge in [-0.15, -0.1) is 0 Å². The summed E-state index contributed by atoms with van der Waals surface area (Å²) in [6.07, 6.45) is 2.16. The number of nitrogens with zero attached hydrogens (tertiary/aromatic N) is 3. The van der Waals surface area contributed by atoms with Crippen LogP contribution in [0, 0.1) is 23.7 Å². The van der Waals surface area contributed by atoms with Crippen molar-refractivity contribution in [2.45, 2.75) is 285 Å². The van der Waals surface area contributed by atoms with Gasteiger partial charge in [0.2, 0.25) is 88.6 Å². The lowest BCUT2D eigenvalue weighted by Crippen LogP contribution is -2.65. The van der Waals surface area contributed by atoms with E-state index in [9.17, 15) is 77.0 Å². The Bertz CT molecular complexity index is 2960. The summed E-state index contributed by atoms with van der Waals surface area (Å²) in [6.45, 7) is 31.6. The maximum Gasteiger partial charge on any atom is 0.248 e. The van der Waals surface area contributed by atoms with Gasteiger partial charge in [0.15, 0.2) is 0 Å². The summed E-state index contributed by atoms with van der Waals surface area (Å²) in [7, 11) is 0. The molecule has 0 unspecified atom stereocenters. The predicted octanol–water partition coefficient (Wildman–Crippen LogP) is -0.956. The Hall–Kier alpha value is -7.99. The zero-order chi connectivity index (χ0) is 75.1. The molecule has 0 radical (unpaired) electrons. The molecule has 0 aliphatic carbocycles. The Labute approximate surface area is 577 Å². The second-order valence-electron chi connectivity index (χ2n) is 30.8. The van der Waals surface area contributed by atoms with E-state index in [1.54, 1.807) is 27.7 Å². The lowest BCUT2D eigenvalue weighted by molar-refractivity contribution is -0.146. The molecule has 31 heteroatoms. The smallest absolute Gasteiger partial charge is 0.248 e. The molecule has 31 nitrogen and oxygen atoms in total. The number of primary amides is 1. The minimum atomic E-state index is -1.69. The highest BCUT2D eigenvalue weighted by molar-refractivity contribution is 6.02. The Balaban J connectivity index is 1.68. The number of hydrogen-bond acceptors (Lipinski definition) is 16. The predicted molar refractivity (Wildman–Crippen MR) is 362 cm³/mol. The van der Waals surface area contributed by atoms with Crippen molar-refractivity contribution in [1.29, 1.82) is 0 Å². The number of amides is 15. The molecule has 0 bridgehead atoms. The summed E-state index contributed by atoms with van der Waals surface area (Å²) in [4.78, 5) is 209. The first-order valence-electron chi connectivity index (χ1n) is 34.2. The summed E-state index contributed by atoms with van der Waals surface area (Å²) in [6, 6.07) is -10.1. The minimum absolute atomic E-state index is 0.0450. The first-order chi connectivity index (χ1) is 45.0. The van der Waals surface area contributed by atoms with Gasteiger partial charge in [0.25, 0.3) is 0 Å². The van der Waals surface area contributed by atoms with Crippen LogP contribution in [0.4, 0.5) is 0 Å². The van der Waals surface area contributed by atoms with Crippen LogP contribution in [0.5, 0.6) is 0 Å². The molecule has 3 rings (SSSR count). The first-order valence-corrected chi connectivity index (χ1v) is 34.2. The van der Waals surface area contributed by atoms with Crippen molar-refractivity contribution in [3.8, 4) is 0 Å². The second-order valence-corrected chi connectivity index (χ2v) is 30.8. The molecule has 9 atom stereocenters. The van der Waals surface area contributed by atoms with Crippen molar-refractivity contribution in [2.24, 2.45) is 29.4 Å². The van der Waals surface area contributed by atoms with Gasteiger partial charge in [0.05, 0.1) is 19.1 Å². The van der Waals surface area contributed by atoms with Crippen LogP contribution >= 0.6 is 0 Å². The summed E-state index contributed by atoms with van der Waals surface area (Å²) >= 11 is 0. The highest BCUT2D eigenvalue weighted by Crippen LogP contribution is 2.27. The number of likely N-dealkylation sites (tertiary alicyclic amines) is 3. The summed E-state index contributed by atoms with van der Waals surface area (Å²) < 4.78 is 0. The molecule has 98 heavy (non-hydrogen) atoms. The summed E-state index contributed by atoms with van der Waals surface area (Å²) in [5, 5.41) is 39.1. The third-order valence-electron chi connectivity index (χ3n) is 17.4. The molecule has 554 valence electrons. The van der Waals surface area contributed by atoms with Crippen molar-refractivity contribution in [3.63, 3.8) is 0 Å². The van der Waals surface area contributed by atoms with E-state index < -0.39 is 183 Å². The van der Waals surface area contributed by atoms with Gasteiger partial charge in [0, 0.05) is 26.6 Å². The van der Waals surface area contributed by atoms with Crippen molar-refractivity contribution < 1.29 is 77.0 Å². The van der Waals surface area contributed by atoms with Gasteiger partial charge in [-0.1, -0.05) is 55.4 Å². The number of hydrogen-bond donors (Lipinski definition) is 13. The van der Waals surface area contributed by atoms with Gasteiger partial charge < -0.3 is 84.0 Å². The number of aliphatic hydroxyl groups excluding tert-OH is 1. The molecule has 14 N–H and O–H groups in total. The average Bonchev–Trinajstić information content (AvgIpc) is 1.48. The minimum Gasteiger partial charge on any atom is -0.394 e. The van der Waals surface area contributed by atoms with E-state index in [0.717, 1.165) is 0 Å². The number of nitrogens with one attached hydrogen (secondary N) is 11. The van der Waals surface area contributed by atoms with Crippen LogP contribution in [0.15, 0.2) is 0 Å². The fourth-order valence-corrected chi connectivity index (χ4v) is 12.2. The lowest BCUT2D eigenvalue weighted by atomic mass is 9.96. The van der Waals surface area contributed by atoms with E-state index in [0.29, 0.717) is 32.1 Å². The molecule has 3 aliphatic rings. The third kappa shape index (κ3) is 23.9. The highest BCUT2D eigenvalue weighted by Gasteiger charge is 2.48. The van der Waals surface area contributed by atoms with Crippen LogP contribution in [0.25, 0.3) is 0 Å². The van der Waals surface area contributed by atoms with Crippen molar-refractivity contribution in [2.75, 3.05) is 26.2 Å². The van der Waals surface area contributed by atoms with Gasteiger partial charge in [0.1, 0.15) is 76.0 Å². The Morgan fingerprint density at radius 1 is 0.418 bits per heavy atom. The molecule has 0 spiro atoms. The highest BCUT2D eigenvalue weighted by atomic mass is 16.3.